The van der Waals surface area contributed by atoms with Crippen molar-refractivity contribution in [1.29, 1.82) is 0 Å². The van der Waals surface area contributed by atoms with E-state index in [1.807, 2.05) is 32.0 Å². The standard InChI is InChI=1S/C15H21BrO5/c1-15(2)20-10-12(21-15)9-18-6-7-19-13-5-4-11(16)8-14(13)17-3/h4-5,8,12H,6-7,9-10H2,1-3H3. The van der Waals surface area contributed by atoms with E-state index in [4.69, 9.17) is 23.7 Å². The van der Waals surface area contributed by atoms with Crippen molar-refractivity contribution >= 4 is 15.9 Å². The summed E-state index contributed by atoms with van der Waals surface area (Å²) in [6.45, 7) is 5.80. The van der Waals surface area contributed by atoms with E-state index in [1.165, 1.54) is 0 Å². The molecule has 6 heteroatoms. The Kier molecular flexibility index (Phi) is 5.87. The van der Waals surface area contributed by atoms with Gasteiger partial charge in [0, 0.05) is 4.47 Å². The number of ether oxygens (including phenoxy) is 5. The summed E-state index contributed by atoms with van der Waals surface area (Å²) in [5, 5.41) is 0. The summed E-state index contributed by atoms with van der Waals surface area (Å²) >= 11 is 3.39. The number of rotatable bonds is 7. The highest BCUT2D eigenvalue weighted by Gasteiger charge is 2.32. The van der Waals surface area contributed by atoms with Gasteiger partial charge in [-0.3, -0.25) is 0 Å². The van der Waals surface area contributed by atoms with E-state index in [1.54, 1.807) is 7.11 Å². The predicted octanol–water partition coefficient (Wildman–Crippen LogP) is 3.00. The first-order valence-corrected chi connectivity index (χ1v) is 7.65. The SMILES string of the molecule is COc1cc(Br)ccc1OCCOCC1COC(C)(C)O1. The normalized spacial score (nSPS) is 20.5. The van der Waals surface area contributed by atoms with Crippen molar-refractivity contribution in [2.75, 3.05) is 33.5 Å². The summed E-state index contributed by atoms with van der Waals surface area (Å²) in [5.74, 6) is 0.888. The molecule has 1 unspecified atom stereocenters. The zero-order chi connectivity index (χ0) is 15.3. The molecule has 1 heterocycles. The predicted molar refractivity (Wildman–Crippen MR) is 81.9 cm³/mol. The Balaban J connectivity index is 1.66. The topological polar surface area (TPSA) is 46.2 Å². The molecule has 1 saturated heterocycles. The fraction of sp³-hybridized carbons (Fsp3) is 0.600. The number of benzene rings is 1. The Morgan fingerprint density at radius 1 is 1.29 bits per heavy atom. The van der Waals surface area contributed by atoms with Crippen molar-refractivity contribution < 1.29 is 23.7 Å². The van der Waals surface area contributed by atoms with Gasteiger partial charge in [0.25, 0.3) is 0 Å². The Bertz CT molecular complexity index is 463. The van der Waals surface area contributed by atoms with Gasteiger partial charge in [0.1, 0.15) is 12.7 Å². The van der Waals surface area contributed by atoms with Gasteiger partial charge in [0.2, 0.25) is 0 Å². The van der Waals surface area contributed by atoms with Crippen LogP contribution in [0.5, 0.6) is 11.5 Å². The molecule has 0 aliphatic carbocycles. The summed E-state index contributed by atoms with van der Waals surface area (Å²) < 4.78 is 28.5. The van der Waals surface area contributed by atoms with Crippen LogP contribution in [0.15, 0.2) is 22.7 Å². The van der Waals surface area contributed by atoms with Gasteiger partial charge in [-0.1, -0.05) is 15.9 Å². The second-order valence-corrected chi connectivity index (χ2v) is 6.08. The Morgan fingerprint density at radius 2 is 2.10 bits per heavy atom. The van der Waals surface area contributed by atoms with E-state index in [-0.39, 0.29) is 6.10 Å². The molecular formula is C15H21BrO5. The molecule has 1 aromatic carbocycles. The van der Waals surface area contributed by atoms with Crippen molar-refractivity contribution in [1.82, 2.24) is 0 Å². The molecule has 0 N–H and O–H groups in total. The average Bonchev–Trinajstić information content (AvgIpc) is 2.79. The van der Waals surface area contributed by atoms with Crippen LogP contribution in [-0.4, -0.2) is 45.4 Å². The molecule has 1 fully saturated rings. The van der Waals surface area contributed by atoms with Crippen LogP contribution in [-0.2, 0) is 14.2 Å². The van der Waals surface area contributed by atoms with Crippen molar-refractivity contribution in [3.8, 4) is 11.5 Å². The molecule has 1 aromatic rings. The molecule has 0 radical (unpaired) electrons. The molecule has 1 atom stereocenters. The molecule has 0 bridgehead atoms. The summed E-state index contributed by atoms with van der Waals surface area (Å²) in [6.07, 6.45) is -0.0118. The van der Waals surface area contributed by atoms with Crippen LogP contribution in [0.25, 0.3) is 0 Å². The van der Waals surface area contributed by atoms with Crippen molar-refractivity contribution in [2.24, 2.45) is 0 Å². The fourth-order valence-electron chi connectivity index (χ4n) is 2.03. The molecule has 0 spiro atoms. The molecule has 0 aromatic heterocycles. The van der Waals surface area contributed by atoms with Crippen LogP contribution in [0.2, 0.25) is 0 Å². The van der Waals surface area contributed by atoms with Gasteiger partial charge in [-0.15, -0.1) is 0 Å². The van der Waals surface area contributed by atoms with Crippen LogP contribution in [0.1, 0.15) is 13.8 Å². The average molecular weight is 361 g/mol. The third-order valence-electron chi connectivity index (χ3n) is 2.98. The second-order valence-electron chi connectivity index (χ2n) is 5.17. The van der Waals surface area contributed by atoms with Crippen molar-refractivity contribution in [2.45, 2.75) is 25.7 Å². The van der Waals surface area contributed by atoms with E-state index in [0.717, 1.165) is 4.47 Å². The van der Waals surface area contributed by atoms with Gasteiger partial charge in [-0.2, -0.15) is 0 Å². The van der Waals surface area contributed by atoms with Crippen LogP contribution in [0.3, 0.4) is 0 Å². The summed E-state index contributed by atoms with van der Waals surface area (Å²) in [5.41, 5.74) is 0. The van der Waals surface area contributed by atoms with Crippen LogP contribution in [0.4, 0.5) is 0 Å². The van der Waals surface area contributed by atoms with E-state index in [0.29, 0.717) is 37.9 Å². The smallest absolute Gasteiger partial charge is 0.163 e. The van der Waals surface area contributed by atoms with Crippen molar-refractivity contribution in [3.05, 3.63) is 22.7 Å². The van der Waals surface area contributed by atoms with E-state index >= 15 is 0 Å². The number of methoxy groups -OCH3 is 1. The first-order chi connectivity index (χ1) is 10.00. The second kappa shape index (κ2) is 7.45. The lowest BCUT2D eigenvalue weighted by molar-refractivity contribution is -0.145. The molecule has 0 amide bonds. The number of hydrogen-bond donors (Lipinski definition) is 0. The highest BCUT2D eigenvalue weighted by Crippen LogP contribution is 2.30. The number of halogens is 1. The maximum Gasteiger partial charge on any atom is 0.163 e. The van der Waals surface area contributed by atoms with E-state index in [2.05, 4.69) is 15.9 Å². The molecule has 1 aliphatic heterocycles. The van der Waals surface area contributed by atoms with Gasteiger partial charge in [-0.25, -0.2) is 0 Å². The van der Waals surface area contributed by atoms with Crippen molar-refractivity contribution in [3.63, 3.8) is 0 Å². The largest absolute Gasteiger partial charge is 0.493 e. The third kappa shape index (κ3) is 5.14. The minimum atomic E-state index is -0.505. The highest BCUT2D eigenvalue weighted by atomic mass is 79.9. The third-order valence-corrected chi connectivity index (χ3v) is 3.48. The lowest BCUT2D eigenvalue weighted by Gasteiger charge is -2.17. The monoisotopic (exact) mass is 360 g/mol. The zero-order valence-corrected chi connectivity index (χ0v) is 14.1. The van der Waals surface area contributed by atoms with E-state index in [9.17, 15) is 0 Å². The molecule has 5 nitrogen and oxygen atoms in total. The quantitative estimate of drug-likeness (QED) is 0.699. The van der Waals surface area contributed by atoms with Gasteiger partial charge in [-0.05, 0) is 32.0 Å². The molecule has 21 heavy (non-hydrogen) atoms. The minimum absolute atomic E-state index is 0.0118. The summed E-state index contributed by atoms with van der Waals surface area (Å²) in [4.78, 5) is 0. The molecule has 2 rings (SSSR count). The maximum atomic E-state index is 5.65. The lowest BCUT2D eigenvalue weighted by atomic mass is 10.3. The highest BCUT2D eigenvalue weighted by molar-refractivity contribution is 9.10. The van der Waals surface area contributed by atoms with Gasteiger partial charge >= 0.3 is 0 Å². The van der Waals surface area contributed by atoms with Gasteiger partial charge < -0.3 is 23.7 Å². The van der Waals surface area contributed by atoms with Gasteiger partial charge in [0.05, 0.1) is 26.9 Å². The number of hydrogen-bond acceptors (Lipinski definition) is 5. The fourth-order valence-corrected chi connectivity index (χ4v) is 2.37. The summed E-state index contributed by atoms with van der Waals surface area (Å²) in [6, 6.07) is 5.63. The Morgan fingerprint density at radius 3 is 2.76 bits per heavy atom. The molecule has 118 valence electrons. The van der Waals surface area contributed by atoms with Crippen LogP contribution in [0, 0.1) is 0 Å². The minimum Gasteiger partial charge on any atom is -0.493 e. The Labute approximate surface area is 133 Å². The Hall–Kier alpha value is -0.820. The molecular weight excluding hydrogens is 340 g/mol. The van der Waals surface area contributed by atoms with Crippen LogP contribution >= 0.6 is 15.9 Å². The molecule has 0 saturated carbocycles. The first-order valence-electron chi connectivity index (χ1n) is 6.86. The first kappa shape index (κ1) is 16.5. The van der Waals surface area contributed by atoms with E-state index < -0.39 is 5.79 Å². The molecule has 1 aliphatic rings. The van der Waals surface area contributed by atoms with Crippen LogP contribution < -0.4 is 9.47 Å². The maximum absolute atomic E-state index is 5.65. The zero-order valence-electron chi connectivity index (χ0n) is 12.6. The van der Waals surface area contributed by atoms with Gasteiger partial charge in [0.15, 0.2) is 17.3 Å². The summed E-state index contributed by atoms with van der Waals surface area (Å²) in [7, 11) is 1.62. The lowest BCUT2D eigenvalue weighted by Crippen LogP contribution is -2.24.